The quantitative estimate of drug-likeness (QED) is 0.774. The normalized spacial score (nSPS) is 32.6. The Balaban J connectivity index is 1.99. The van der Waals surface area contributed by atoms with Crippen LogP contribution in [0, 0.1) is 5.92 Å². The fourth-order valence-electron chi connectivity index (χ4n) is 2.56. The molecule has 0 aromatic carbocycles. The number of nitrogens with zero attached hydrogens (tertiary/aromatic N) is 1. The highest BCUT2D eigenvalue weighted by atomic mass is 32.2. The molecule has 2 fully saturated rings. The molecule has 2 saturated heterocycles. The van der Waals surface area contributed by atoms with Crippen LogP contribution >= 0.6 is 0 Å². The van der Waals surface area contributed by atoms with Gasteiger partial charge in [0, 0.05) is 6.04 Å². The van der Waals surface area contributed by atoms with Gasteiger partial charge in [-0.25, -0.2) is 8.42 Å². The maximum absolute atomic E-state index is 12.1. The molecule has 6 heteroatoms. The van der Waals surface area contributed by atoms with Crippen molar-refractivity contribution in [2.75, 3.05) is 18.2 Å². The highest BCUT2D eigenvalue weighted by Crippen LogP contribution is 2.22. The first-order valence-electron chi connectivity index (χ1n) is 6.13. The summed E-state index contributed by atoms with van der Waals surface area (Å²) in [6.45, 7) is 4.66. The van der Waals surface area contributed by atoms with E-state index in [-0.39, 0.29) is 29.5 Å². The summed E-state index contributed by atoms with van der Waals surface area (Å²) in [4.78, 5) is 13.8. The van der Waals surface area contributed by atoms with Gasteiger partial charge < -0.3 is 4.90 Å². The van der Waals surface area contributed by atoms with Crippen molar-refractivity contribution < 1.29 is 13.2 Å². The molecule has 2 rings (SSSR count). The molecule has 17 heavy (non-hydrogen) atoms. The Morgan fingerprint density at radius 3 is 2.71 bits per heavy atom. The van der Waals surface area contributed by atoms with Gasteiger partial charge in [-0.3, -0.25) is 10.1 Å². The summed E-state index contributed by atoms with van der Waals surface area (Å²) in [6, 6.07) is -0.240. The van der Waals surface area contributed by atoms with Crippen LogP contribution in [0.2, 0.25) is 0 Å². The van der Waals surface area contributed by atoms with Gasteiger partial charge in [0.25, 0.3) is 0 Å². The summed E-state index contributed by atoms with van der Waals surface area (Å²) in [7, 11) is -2.92. The number of amides is 1. The molecule has 2 aliphatic rings. The molecule has 5 nitrogen and oxygen atoms in total. The van der Waals surface area contributed by atoms with Gasteiger partial charge in [0.15, 0.2) is 9.84 Å². The van der Waals surface area contributed by atoms with Crippen LogP contribution in [0.1, 0.15) is 26.7 Å². The van der Waals surface area contributed by atoms with Gasteiger partial charge in [-0.2, -0.15) is 0 Å². The maximum atomic E-state index is 12.1. The molecule has 98 valence electrons. The third-order valence-electron chi connectivity index (χ3n) is 3.45. The molecule has 0 spiro atoms. The fraction of sp³-hybridized carbons (Fsp3) is 0.909. The van der Waals surface area contributed by atoms with Crippen LogP contribution < -0.4 is 5.32 Å². The molecule has 0 aliphatic carbocycles. The first-order chi connectivity index (χ1) is 7.89. The second-order valence-corrected chi connectivity index (χ2v) is 7.64. The van der Waals surface area contributed by atoms with Crippen molar-refractivity contribution in [1.82, 2.24) is 10.2 Å². The molecule has 2 unspecified atom stereocenters. The summed E-state index contributed by atoms with van der Waals surface area (Å²) in [5, 5.41) is 3.17. The van der Waals surface area contributed by atoms with E-state index >= 15 is 0 Å². The number of rotatable bonds is 3. The zero-order valence-electron chi connectivity index (χ0n) is 10.3. The lowest BCUT2D eigenvalue weighted by atomic mass is 10.0. The molecule has 0 aromatic rings. The van der Waals surface area contributed by atoms with Crippen LogP contribution in [0.15, 0.2) is 0 Å². The van der Waals surface area contributed by atoms with Crippen LogP contribution in [0.4, 0.5) is 0 Å². The molecule has 1 amide bonds. The Kier molecular flexibility index (Phi) is 3.45. The van der Waals surface area contributed by atoms with Crippen molar-refractivity contribution in [3.8, 4) is 0 Å². The summed E-state index contributed by atoms with van der Waals surface area (Å²) >= 11 is 0. The summed E-state index contributed by atoms with van der Waals surface area (Å²) in [5.41, 5.74) is 0. The van der Waals surface area contributed by atoms with E-state index < -0.39 is 9.84 Å². The van der Waals surface area contributed by atoms with E-state index in [2.05, 4.69) is 19.2 Å². The van der Waals surface area contributed by atoms with Crippen LogP contribution in [-0.2, 0) is 14.6 Å². The van der Waals surface area contributed by atoms with Gasteiger partial charge in [-0.1, -0.05) is 13.8 Å². The Labute approximate surface area is 102 Å². The lowest BCUT2D eigenvalue weighted by molar-refractivity contribution is -0.130. The van der Waals surface area contributed by atoms with Gasteiger partial charge in [0.2, 0.25) is 5.91 Å². The second kappa shape index (κ2) is 4.57. The van der Waals surface area contributed by atoms with E-state index in [1.54, 1.807) is 4.90 Å². The van der Waals surface area contributed by atoms with Gasteiger partial charge in [-0.05, 0) is 18.8 Å². The predicted molar refractivity (Wildman–Crippen MR) is 65.2 cm³/mol. The molecule has 0 saturated carbocycles. The van der Waals surface area contributed by atoms with Crippen LogP contribution in [-0.4, -0.2) is 49.5 Å². The van der Waals surface area contributed by atoms with Crippen molar-refractivity contribution in [3.63, 3.8) is 0 Å². The minimum Gasteiger partial charge on any atom is -0.325 e. The second-order valence-electron chi connectivity index (χ2n) is 5.41. The van der Waals surface area contributed by atoms with Crippen molar-refractivity contribution >= 4 is 15.7 Å². The smallest absolute Gasteiger partial charge is 0.241 e. The third-order valence-corrected chi connectivity index (χ3v) is 5.20. The standard InChI is InChI=1S/C11H20N2O3S/c1-8(2)5-10-11(14)13(7-12-10)9-3-4-17(15,16)6-9/h8-10,12H,3-7H2,1-2H3. The van der Waals surface area contributed by atoms with Crippen LogP contribution in [0.5, 0.6) is 0 Å². The summed E-state index contributed by atoms with van der Waals surface area (Å²) < 4.78 is 22.8. The molecule has 1 N–H and O–H groups in total. The summed E-state index contributed by atoms with van der Waals surface area (Å²) in [5.74, 6) is 0.884. The lowest BCUT2D eigenvalue weighted by Crippen LogP contribution is -2.39. The number of nitrogens with one attached hydrogen (secondary N) is 1. The molecule has 0 radical (unpaired) electrons. The minimum absolute atomic E-state index is 0.0702. The van der Waals surface area contributed by atoms with Crippen molar-refractivity contribution in [2.45, 2.75) is 38.8 Å². The Morgan fingerprint density at radius 2 is 2.18 bits per heavy atom. The van der Waals surface area contributed by atoms with Crippen molar-refractivity contribution in [2.24, 2.45) is 5.92 Å². The van der Waals surface area contributed by atoms with Gasteiger partial charge in [0.1, 0.15) is 0 Å². The van der Waals surface area contributed by atoms with Crippen molar-refractivity contribution in [3.05, 3.63) is 0 Å². The molecule has 2 heterocycles. The molecule has 0 bridgehead atoms. The van der Waals surface area contributed by atoms with Gasteiger partial charge in [-0.15, -0.1) is 0 Å². The topological polar surface area (TPSA) is 66.5 Å². The number of hydrogen-bond donors (Lipinski definition) is 1. The van der Waals surface area contributed by atoms with E-state index in [1.165, 1.54) is 0 Å². The zero-order valence-corrected chi connectivity index (χ0v) is 11.2. The van der Waals surface area contributed by atoms with E-state index in [4.69, 9.17) is 0 Å². The Hall–Kier alpha value is -0.620. The highest BCUT2D eigenvalue weighted by molar-refractivity contribution is 7.91. The third kappa shape index (κ3) is 2.80. The number of sulfone groups is 1. The van der Waals surface area contributed by atoms with E-state index in [9.17, 15) is 13.2 Å². The van der Waals surface area contributed by atoms with Crippen LogP contribution in [0.3, 0.4) is 0 Å². The maximum Gasteiger partial charge on any atom is 0.241 e. The summed E-state index contributed by atoms with van der Waals surface area (Å²) in [6.07, 6.45) is 1.40. The molecule has 0 aromatic heterocycles. The number of hydrogen-bond acceptors (Lipinski definition) is 4. The zero-order chi connectivity index (χ0) is 12.6. The predicted octanol–water partition coefficient (Wildman–Crippen LogP) is -0.0225. The largest absolute Gasteiger partial charge is 0.325 e. The van der Waals surface area contributed by atoms with Gasteiger partial charge >= 0.3 is 0 Å². The minimum atomic E-state index is -2.92. The number of carbonyl (C=O) groups is 1. The van der Waals surface area contributed by atoms with Crippen molar-refractivity contribution in [1.29, 1.82) is 0 Å². The van der Waals surface area contributed by atoms with Crippen LogP contribution in [0.25, 0.3) is 0 Å². The average Bonchev–Trinajstić information content (AvgIpc) is 2.71. The first-order valence-corrected chi connectivity index (χ1v) is 7.95. The monoisotopic (exact) mass is 260 g/mol. The highest BCUT2D eigenvalue weighted by Gasteiger charge is 2.40. The van der Waals surface area contributed by atoms with E-state index in [0.29, 0.717) is 19.0 Å². The first kappa shape index (κ1) is 12.8. The molecule has 2 aliphatic heterocycles. The average molecular weight is 260 g/mol. The van der Waals surface area contributed by atoms with E-state index in [1.807, 2.05) is 0 Å². The molecular weight excluding hydrogens is 240 g/mol. The molecular formula is C11H20N2O3S. The van der Waals surface area contributed by atoms with Gasteiger partial charge in [0.05, 0.1) is 24.2 Å². The lowest BCUT2D eigenvalue weighted by Gasteiger charge is -2.22. The van der Waals surface area contributed by atoms with E-state index in [0.717, 1.165) is 6.42 Å². The Bertz CT molecular complexity index is 405. The SMILES string of the molecule is CC(C)CC1NCN(C2CCS(=O)(=O)C2)C1=O. The fourth-order valence-corrected chi connectivity index (χ4v) is 4.29. The number of carbonyl (C=O) groups excluding carboxylic acids is 1. The Morgan fingerprint density at radius 1 is 1.47 bits per heavy atom. The molecule has 2 atom stereocenters.